The van der Waals surface area contributed by atoms with E-state index in [0.717, 1.165) is 28.8 Å². The smallest absolute Gasteiger partial charge is 0.222 e. The van der Waals surface area contributed by atoms with Crippen LogP contribution in [0.5, 0.6) is 0 Å². The quantitative estimate of drug-likeness (QED) is 0.744. The Morgan fingerprint density at radius 2 is 2.15 bits per heavy atom. The first-order valence-corrected chi connectivity index (χ1v) is 9.49. The minimum absolute atomic E-state index is 0.0185. The second kappa shape index (κ2) is 8.03. The molecule has 7 heteroatoms. The maximum atomic E-state index is 13.9. The van der Waals surface area contributed by atoms with Gasteiger partial charge in [0.05, 0.1) is 16.8 Å². The second-order valence-electron chi connectivity index (χ2n) is 6.53. The Bertz CT molecular complexity index is 822. The van der Waals surface area contributed by atoms with Gasteiger partial charge in [0.2, 0.25) is 5.91 Å². The number of piperidine rings is 1. The molecule has 2 heterocycles. The standard InChI is InChI=1S/C19H20F2N2O2S/c1-12-17(26-11-22-12)6-7-18(24)23-8-2-3-13(10-23)19(25)15-9-14(20)4-5-16(15)21/h4-5,9,11,13H,2-3,6-8,10H2,1H3. The summed E-state index contributed by atoms with van der Waals surface area (Å²) in [5.41, 5.74) is 2.47. The Balaban J connectivity index is 1.63. The van der Waals surface area contributed by atoms with Crippen LogP contribution in [0.4, 0.5) is 8.78 Å². The van der Waals surface area contributed by atoms with Crippen molar-refractivity contribution >= 4 is 23.0 Å². The van der Waals surface area contributed by atoms with Crippen LogP contribution in [-0.2, 0) is 11.2 Å². The molecule has 1 aromatic heterocycles. The number of hydrogen-bond donors (Lipinski definition) is 0. The molecule has 0 N–H and O–H groups in total. The average molecular weight is 378 g/mol. The molecule has 4 nitrogen and oxygen atoms in total. The van der Waals surface area contributed by atoms with Gasteiger partial charge in [-0.15, -0.1) is 11.3 Å². The van der Waals surface area contributed by atoms with Crippen LogP contribution < -0.4 is 0 Å². The van der Waals surface area contributed by atoms with E-state index < -0.39 is 23.3 Å². The van der Waals surface area contributed by atoms with Crippen LogP contribution in [0.3, 0.4) is 0 Å². The highest BCUT2D eigenvalue weighted by Gasteiger charge is 2.30. The third-order valence-electron chi connectivity index (χ3n) is 4.75. The molecule has 26 heavy (non-hydrogen) atoms. The SMILES string of the molecule is Cc1ncsc1CCC(=O)N1CCCC(C(=O)c2cc(F)ccc2F)C1. The van der Waals surface area contributed by atoms with Gasteiger partial charge in [-0.3, -0.25) is 9.59 Å². The number of thiazole rings is 1. The highest BCUT2D eigenvalue weighted by Crippen LogP contribution is 2.24. The number of nitrogens with zero attached hydrogens (tertiary/aromatic N) is 2. The number of ketones is 1. The predicted molar refractivity (Wildman–Crippen MR) is 95.2 cm³/mol. The predicted octanol–water partition coefficient (Wildman–Crippen LogP) is 3.78. The van der Waals surface area contributed by atoms with E-state index in [-0.39, 0.29) is 18.0 Å². The van der Waals surface area contributed by atoms with Gasteiger partial charge in [-0.1, -0.05) is 0 Å². The van der Waals surface area contributed by atoms with Crippen molar-refractivity contribution < 1.29 is 18.4 Å². The van der Waals surface area contributed by atoms with Gasteiger partial charge in [0, 0.05) is 30.3 Å². The molecule has 1 aliphatic heterocycles. The Hall–Kier alpha value is -2.15. The summed E-state index contributed by atoms with van der Waals surface area (Å²) in [6.07, 6.45) is 2.24. The van der Waals surface area contributed by atoms with Gasteiger partial charge in [-0.05, 0) is 44.4 Å². The normalized spacial score (nSPS) is 17.3. The summed E-state index contributed by atoms with van der Waals surface area (Å²) in [5, 5.41) is 0. The van der Waals surface area contributed by atoms with Crippen molar-refractivity contribution in [2.75, 3.05) is 13.1 Å². The van der Waals surface area contributed by atoms with Crippen molar-refractivity contribution in [3.63, 3.8) is 0 Å². The minimum atomic E-state index is -0.722. The number of rotatable bonds is 5. The summed E-state index contributed by atoms with van der Waals surface area (Å²) in [6.45, 7) is 2.77. The summed E-state index contributed by atoms with van der Waals surface area (Å²) in [7, 11) is 0. The number of halogens is 2. The number of aryl methyl sites for hydroxylation is 2. The van der Waals surface area contributed by atoms with E-state index >= 15 is 0 Å². The third-order valence-corrected chi connectivity index (χ3v) is 5.74. The highest BCUT2D eigenvalue weighted by atomic mass is 32.1. The Labute approximate surface area is 154 Å². The molecule has 0 aliphatic carbocycles. The third kappa shape index (κ3) is 4.15. The first-order valence-electron chi connectivity index (χ1n) is 8.61. The molecule has 0 bridgehead atoms. The van der Waals surface area contributed by atoms with Crippen LogP contribution in [0, 0.1) is 24.5 Å². The summed E-state index contributed by atoms with van der Waals surface area (Å²) in [6, 6.07) is 2.89. The van der Waals surface area contributed by atoms with Gasteiger partial charge >= 0.3 is 0 Å². The zero-order chi connectivity index (χ0) is 18.7. The number of hydrogen-bond acceptors (Lipinski definition) is 4. The van der Waals surface area contributed by atoms with Crippen LogP contribution in [0.2, 0.25) is 0 Å². The molecule has 1 saturated heterocycles. The zero-order valence-electron chi connectivity index (χ0n) is 14.5. The molecule has 138 valence electrons. The van der Waals surface area contributed by atoms with Gasteiger partial charge in [0.1, 0.15) is 11.6 Å². The maximum absolute atomic E-state index is 13.9. The fourth-order valence-corrected chi connectivity index (χ4v) is 4.05. The van der Waals surface area contributed by atoms with E-state index in [1.54, 1.807) is 10.4 Å². The molecule has 1 unspecified atom stereocenters. The van der Waals surface area contributed by atoms with Crippen LogP contribution in [0.25, 0.3) is 0 Å². The Morgan fingerprint density at radius 3 is 2.88 bits per heavy atom. The van der Waals surface area contributed by atoms with Crippen LogP contribution in [0.15, 0.2) is 23.7 Å². The second-order valence-corrected chi connectivity index (χ2v) is 7.47. The Morgan fingerprint density at radius 1 is 1.35 bits per heavy atom. The number of carbonyl (C=O) groups is 2. The minimum Gasteiger partial charge on any atom is -0.342 e. The van der Waals surface area contributed by atoms with E-state index in [9.17, 15) is 18.4 Å². The van der Waals surface area contributed by atoms with E-state index in [4.69, 9.17) is 0 Å². The molecule has 1 atom stereocenters. The van der Waals surface area contributed by atoms with Crippen molar-refractivity contribution in [2.45, 2.75) is 32.6 Å². The fourth-order valence-electron chi connectivity index (χ4n) is 3.27. The summed E-state index contributed by atoms with van der Waals surface area (Å²) >= 11 is 1.53. The molecule has 1 amide bonds. The number of amides is 1. The molecule has 1 aliphatic rings. The van der Waals surface area contributed by atoms with E-state index in [2.05, 4.69) is 4.98 Å². The van der Waals surface area contributed by atoms with Gasteiger partial charge in [0.15, 0.2) is 5.78 Å². The number of benzene rings is 1. The van der Waals surface area contributed by atoms with E-state index in [0.29, 0.717) is 32.2 Å². The highest BCUT2D eigenvalue weighted by molar-refractivity contribution is 7.09. The first-order chi connectivity index (χ1) is 12.5. The fraction of sp³-hybridized carbons (Fsp3) is 0.421. The molecule has 3 rings (SSSR count). The monoisotopic (exact) mass is 378 g/mol. The molecule has 0 radical (unpaired) electrons. The number of Topliss-reactive ketones (excluding diaryl/α,β-unsaturated/α-hetero) is 1. The van der Waals surface area contributed by atoms with E-state index in [1.165, 1.54) is 11.3 Å². The number of carbonyl (C=O) groups excluding carboxylic acids is 2. The lowest BCUT2D eigenvalue weighted by atomic mass is 9.89. The molecular formula is C19H20F2N2O2S. The van der Waals surface area contributed by atoms with Crippen molar-refractivity contribution in [1.82, 2.24) is 9.88 Å². The lowest BCUT2D eigenvalue weighted by molar-refractivity contribution is -0.132. The van der Waals surface area contributed by atoms with Gasteiger partial charge < -0.3 is 4.90 Å². The van der Waals surface area contributed by atoms with Gasteiger partial charge in [0.25, 0.3) is 0 Å². The molecule has 1 fully saturated rings. The van der Waals surface area contributed by atoms with Crippen LogP contribution in [-0.4, -0.2) is 34.7 Å². The average Bonchev–Trinajstić information content (AvgIpc) is 3.06. The zero-order valence-corrected chi connectivity index (χ0v) is 15.3. The molecule has 0 saturated carbocycles. The van der Waals surface area contributed by atoms with Crippen molar-refractivity contribution in [3.05, 3.63) is 51.5 Å². The van der Waals surface area contributed by atoms with Crippen LogP contribution in [0.1, 0.15) is 40.2 Å². The molecule has 1 aromatic carbocycles. The molecular weight excluding hydrogens is 358 g/mol. The lowest BCUT2D eigenvalue weighted by Gasteiger charge is -2.32. The molecule has 0 spiro atoms. The lowest BCUT2D eigenvalue weighted by Crippen LogP contribution is -2.42. The van der Waals surface area contributed by atoms with Crippen molar-refractivity contribution in [3.8, 4) is 0 Å². The molecule has 2 aromatic rings. The summed E-state index contributed by atoms with van der Waals surface area (Å²) < 4.78 is 27.2. The maximum Gasteiger partial charge on any atom is 0.222 e. The van der Waals surface area contributed by atoms with Gasteiger partial charge in [-0.2, -0.15) is 0 Å². The van der Waals surface area contributed by atoms with Gasteiger partial charge in [-0.25, -0.2) is 13.8 Å². The van der Waals surface area contributed by atoms with E-state index in [1.807, 2.05) is 6.92 Å². The van der Waals surface area contributed by atoms with Crippen molar-refractivity contribution in [2.24, 2.45) is 5.92 Å². The largest absolute Gasteiger partial charge is 0.342 e. The topological polar surface area (TPSA) is 50.3 Å². The Kier molecular flexibility index (Phi) is 5.76. The van der Waals surface area contributed by atoms with Crippen molar-refractivity contribution in [1.29, 1.82) is 0 Å². The summed E-state index contributed by atoms with van der Waals surface area (Å²) in [5.74, 6) is -2.30. The number of likely N-dealkylation sites (tertiary alicyclic amines) is 1. The summed E-state index contributed by atoms with van der Waals surface area (Å²) in [4.78, 5) is 32.0. The van der Waals surface area contributed by atoms with Crippen LogP contribution >= 0.6 is 11.3 Å². The number of aromatic nitrogens is 1. The first kappa shape index (κ1) is 18.6.